The highest BCUT2D eigenvalue weighted by Crippen LogP contribution is 2.40. The molecule has 3 aliphatic heterocycles. The summed E-state index contributed by atoms with van der Waals surface area (Å²) in [6, 6.07) is 2.98. The van der Waals surface area contributed by atoms with Crippen molar-refractivity contribution in [1.82, 2.24) is 30.6 Å². The lowest BCUT2D eigenvalue weighted by atomic mass is 9.80. The van der Waals surface area contributed by atoms with E-state index in [1.165, 1.54) is 10.9 Å². The highest BCUT2D eigenvalue weighted by atomic mass is 35.5. The Labute approximate surface area is 230 Å². The van der Waals surface area contributed by atoms with Crippen LogP contribution >= 0.6 is 11.6 Å². The van der Waals surface area contributed by atoms with Gasteiger partial charge in [-0.05, 0) is 62.7 Å². The predicted molar refractivity (Wildman–Crippen MR) is 142 cm³/mol. The molecule has 39 heavy (non-hydrogen) atoms. The Morgan fingerprint density at radius 2 is 1.90 bits per heavy atom. The molecular weight excluding hydrogens is 536 g/mol. The van der Waals surface area contributed by atoms with E-state index < -0.39 is 33.7 Å². The molecule has 3 saturated heterocycles. The van der Waals surface area contributed by atoms with Gasteiger partial charge in [-0.15, -0.1) is 0 Å². The molecule has 0 amide bonds. The van der Waals surface area contributed by atoms with E-state index in [2.05, 4.69) is 40.0 Å². The summed E-state index contributed by atoms with van der Waals surface area (Å²) in [5.41, 5.74) is 0.548. The molecule has 6 atom stereocenters. The minimum atomic E-state index is -4.84. The van der Waals surface area contributed by atoms with Crippen LogP contribution in [0.25, 0.3) is 11.3 Å². The number of alkyl halides is 3. The molecule has 3 N–H and O–H groups in total. The van der Waals surface area contributed by atoms with E-state index in [0.717, 1.165) is 63.9 Å². The monoisotopic (exact) mass is 570 g/mol. The molecule has 12 heteroatoms. The first-order valence-corrected chi connectivity index (χ1v) is 14.0. The molecule has 2 bridgehead atoms. The number of hydrogen-bond acceptors (Lipinski definition) is 6. The van der Waals surface area contributed by atoms with E-state index in [4.69, 9.17) is 11.6 Å². The Kier molecular flexibility index (Phi) is 8.36. The molecule has 5 rings (SSSR count). The summed E-state index contributed by atoms with van der Waals surface area (Å²) in [5, 5.41) is 9.11. The van der Waals surface area contributed by atoms with Crippen molar-refractivity contribution in [2.24, 2.45) is 11.8 Å². The van der Waals surface area contributed by atoms with Crippen molar-refractivity contribution >= 4 is 11.6 Å². The molecule has 0 saturated carbocycles. The molecule has 4 unspecified atom stereocenters. The van der Waals surface area contributed by atoms with Crippen molar-refractivity contribution in [2.75, 3.05) is 26.7 Å². The molecule has 7 nitrogen and oxygen atoms in total. The Hall–Kier alpha value is -2.05. The van der Waals surface area contributed by atoms with Gasteiger partial charge in [-0.3, -0.25) is 14.8 Å². The summed E-state index contributed by atoms with van der Waals surface area (Å²) in [5.74, 6) is -0.401. The van der Waals surface area contributed by atoms with Crippen molar-refractivity contribution in [2.45, 2.75) is 69.4 Å². The number of benzene rings is 1. The average Bonchev–Trinajstić information content (AvgIpc) is 3.26. The lowest BCUT2D eigenvalue weighted by Crippen LogP contribution is -2.54. The van der Waals surface area contributed by atoms with Gasteiger partial charge in [0.05, 0.1) is 28.6 Å². The second kappa shape index (κ2) is 11.4. The number of halogens is 5. The zero-order valence-corrected chi connectivity index (χ0v) is 22.8. The summed E-state index contributed by atoms with van der Waals surface area (Å²) < 4.78 is 57.4. The van der Waals surface area contributed by atoms with Crippen LogP contribution in [0.4, 0.5) is 17.6 Å². The lowest BCUT2D eigenvalue weighted by molar-refractivity contribution is -0.137. The highest BCUT2D eigenvalue weighted by molar-refractivity contribution is 6.31. The first kappa shape index (κ1) is 28.5. The number of hydrazine groups is 1. The smallest absolute Gasteiger partial charge is 0.312 e. The molecule has 3 aliphatic rings. The Morgan fingerprint density at radius 3 is 2.64 bits per heavy atom. The second-order valence-electron chi connectivity index (χ2n) is 11.2. The van der Waals surface area contributed by atoms with E-state index in [-0.39, 0.29) is 17.8 Å². The summed E-state index contributed by atoms with van der Waals surface area (Å²) >= 11 is 5.81. The quantitative estimate of drug-likeness (QED) is 0.470. The van der Waals surface area contributed by atoms with Crippen LogP contribution < -0.4 is 21.6 Å². The number of nitrogens with one attached hydrogen (secondary N) is 3. The first-order valence-electron chi connectivity index (χ1n) is 13.6. The van der Waals surface area contributed by atoms with Gasteiger partial charge < -0.3 is 10.6 Å². The summed E-state index contributed by atoms with van der Waals surface area (Å²) in [6.07, 6.45) is 0.880. The largest absolute Gasteiger partial charge is 0.417 e. The molecular formula is C27H35ClF4N6O. The van der Waals surface area contributed by atoms with Crippen LogP contribution in [-0.4, -0.2) is 59.4 Å². The van der Waals surface area contributed by atoms with Crippen LogP contribution in [0.3, 0.4) is 0 Å². The van der Waals surface area contributed by atoms with Gasteiger partial charge in [-0.1, -0.05) is 24.9 Å². The van der Waals surface area contributed by atoms with Gasteiger partial charge in [-0.25, -0.2) is 14.4 Å². The zero-order valence-electron chi connectivity index (χ0n) is 22.1. The van der Waals surface area contributed by atoms with Gasteiger partial charge >= 0.3 is 6.18 Å². The van der Waals surface area contributed by atoms with E-state index >= 15 is 0 Å². The van der Waals surface area contributed by atoms with E-state index in [9.17, 15) is 22.4 Å². The number of nitrogens with zero attached hydrogens (tertiary/aromatic N) is 3. The molecule has 1 aromatic heterocycles. The Balaban J connectivity index is 1.50. The molecule has 4 heterocycles. The third-order valence-electron chi connectivity index (χ3n) is 8.62. The zero-order chi connectivity index (χ0) is 27.9. The van der Waals surface area contributed by atoms with Crippen molar-refractivity contribution in [3.05, 3.63) is 51.3 Å². The Morgan fingerprint density at radius 1 is 1.10 bits per heavy atom. The van der Waals surface area contributed by atoms with Crippen LogP contribution in [0.15, 0.2) is 29.3 Å². The highest BCUT2D eigenvalue weighted by Gasteiger charge is 2.42. The van der Waals surface area contributed by atoms with Gasteiger partial charge in [0.2, 0.25) is 0 Å². The number of hydrogen-bond donors (Lipinski definition) is 3. The third-order valence-corrected chi connectivity index (χ3v) is 8.91. The number of rotatable bonds is 2. The molecule has 0 spiro atoms. The molecule has 214 valence electrons. The fourth-order valence-electron chi connectivity index (χ4n) is 6.66. The van der Waals surface area contributed by atoms with Crippen LogP contribution in [0.2, 0.25) is 5.02 Å². The van der Waals surface area contributed by atoms with Crippen LogP contribution in [0.1, 0.15) is 50.6 Å². The predicted octanol–water partition coefficient (Wildman–Crippen LogP) is 4.23. The third kappa shape index (κ3) is 5.88. The minimum Gasteiger partial charge on any atom is -0.312 e. The lowest BCUT2D eigenvalue weighted by Gasteiger charge is -2.42. The summed E-state index contributed by atoms with van der Waals surface area (Å²) in [7, 11) is 2.08. The molecule has 1 aromatic carbocycles. The van der Waals surface area contributed by atoms with E-state index in [1.807, 2.05) is 0 Å². The van der Waals surface area contributed by atoms with Gasteiger partial charge in [0.25, 0.3) is 5.56 Å². The van der Waals surface area contributed by atoms with Gasteiger partial charge in [0, 0.05) is 43.3 Å². The molecule has 3 fully saturated rings. The van der Waals surface area contributed by atoms with Gasteiger partial charge in [-0.2, -0.15) is 13.2 Å². The average molecular weight is 571 g/mol. The van der Waals surface area contributed by atoms with E-state index in [1.54, 1.807) is 0 Å². The topological polar surface area (TPSA) is 74.2 Å². The first-order chi connectivity index (χ1) is 18.5. The summed E-state index contributed by atoms with van der Waals surface area (Å²) in [4.78, 5) is 17.6. The number of piperidine rings is 1. The van der Waals surface area contributed by atoms with Gasteiger partial charge in [0.15, 0.2) is 5.82 Å². The maximum atomic E-state index is 14.9. The SMILES string of the molecule is C[C@@H]1CCC[C@H](n2cnc(-c3c(C(F)(F)F)ccc(Cl)c3F)cc2=O)C2CC(CCN2)C2C(CNN2C)NC1. The molecule has 2 aromatic rings. The fourth-order valence-corrected chi connectivity index (χ4v) is 6.82. The standard InChI is InChI=1S/C27H35ClF4N6O/c1-15-4-3-5-22(19-10-16(8-9-33-19)26-21(34-12-15)13-36-37(26)2)38-14-35-20(11-23(38)39)24-17(27(30,31)32)6-7-18(28)25(24)29/h6-7,11,14-16,19,21-22,26,33-34,36H,3-5,8-10,12-13H2,1-2H3/t15-,16?,19?,21?,22+,26?/m1/s1. The van der Waals surface area contributed by atoms with Crippen molar-refractivity contribution in [3.63, 3.8) is 0 Å². The number of likely N-dealkylation sites (N-methyl/N-ethyl adjacent to an activating group) is 1. The van der Waals surface area contributed by atoms with Crippen LogP contribution in [0.5, 0.6) is 0 Å². The van der Waals surface area contributed by atoms with Crippen molar-refractivity contribution < 1.29 is 17.6 Å². The maximum Gasteiger partial charge on any atom is 0.417 e. The van der Waals surface area contributed by atoms with Crippen LogP contribution in [-0.2, 0) is 6.18 Å². The van der Waals surface area contributed by atoms with Crippen LogP contribution in [0, 0.1) is 17.7 Å². The van der Waals surface area contributed by atoms with Crippen molar-refractivity contribution in [3.8, 4) is 11.3 Å². The van der Waals surface area contributed by atoms with Gasteiger partial charge in [0.1, 0.15) is 0 Å². The summed E-state index contributed by atoms with van der Waals surface area (Å²) in [6.45, 7) is 4.81. The number of aromatic nitrogens is 2. The number of fused-ring (bicyclic) bond motifs is 4. The van der Waals surface area contributed by atoms with Crippen molar-refractivity contribution in [1.29, 1.82) is 0 Å². The normalized spacial score (nSPS) is 30.8. The minimum absolute atomic E-state index is 0.00729. The fraction of sp³-hybridized carbons (Fsp3) is 0.630. The second-order valence-corrected chi connectivity index (χ2v) is 11.6. The maximum absolute atomic E-state index is 14.9. The van der Waals surface area contributed by atoms with E-state index in [0.29, 0.717) is 30.0 Å². The Bertz CT molecular complexity index is 1240. The molecule has 0 radical (unpaired) electrons. The molecule has 0 aliphatic carbocycles.